The third-order valence-electron chi connectivity index (χ3n) is 6.84. The number of alkyl halides is 3. The van der Waals surface area contributed by atoms with Crippen LogP contribution in [0.15, 0.2) is 72.9 Å². The Bertz CT molecular complexity index is 1450. The first kappa shape index (κ1) is 28.2. The molecule has 1 heterocycles. The Kier molecular flexibility index (Phi) is 8.65. The second-order valence-electron chi connectivity index (χ2n) is 9.45. The highest BCUT2D eigenvalue weighted by molar-refractivity contribution is 6.31. The van der Waals surface area contributed by atoms with Crippen molar-refractivity contribution in [1.29, 1.82) is 0 Å². The number of carboxylic acids is 1. The molecule has 39 heavy (non-hydrogen) atoms. The summed E-state index contributed by atoms with van der Waals surface area (Å²) < 4.78 is 40.0. The van der Waals surface area contributed by atoms with Gasteiger partial charge in [-0.05, 0) is 71.5 Å². The number of carbonyl (C=O) groups excluding carboxylic acids is 1. The van der Waals surface area contributed by atoms with Gasteiger partial charge in [-0.2, -0.15) is 13.2 Å². The summed E-state index contributed by atoms with van der Waals surface area (Å²) in [7, 11) is 0. The molecule has 2 unspecified atom stereocenters. The molecule has 204 valence electrons. The second kappa shape index (κ2) is 11.9. The zero-order chi connectivity index (χ0) is 28.2. The van der Waals surface area contributed by atoms with Crippen LogP contribution in [0.2, 0.25) is 5.02 Å². The van der Waals surface area contributed by atoms with Gasteiger partial charge >= 0.3 is 12.1 Å². The highest BCUT2D eigenvalue weighted by Gasteiger charge is 2.32. The molecule has 1 amide bonds. The fraction of sp³-hybridized carbons (Fsp3) is 0.267. The highest BCUT2D eigenvalue weighted by Crippen LogP contribution is 2.44. The van der Waals surface area contributed by atoms with Crippen LogP contribution >= 0.6 is 11.6 Å². The van der Waals surface area contributed by atoms with Crippen molar-refractivity contribution in [2.75, 3.05) is 6.54 Å². The van der Waals surface area contributed by atoms with Gasteiger partial charge in [-0.3, -0.25) is 9.59 Å². The topological polar surface area (TPSA) is 82.2 Å². The maximum absolute atomic E-state index is 13.3. The Morgan fingerprint density at radius 1 is 1.00 bits per heavy atom. The summed E-state index contributed by atoms with van der Waals surface area (Å²) in [5.74, 6) is -1.79. The van der Waals surface area contributed by atoms with Crippen LogP contribution in [-0.4, -0.2) is 28.5 Å². The first-order valence-corrected chi connectivity index (χ1v) is 13.0. The molecule has 1 aromatic heterocycles. The number of aromatic amines is 1. The Balaban J connectivity index is 1.76. The van der Waals surface area contributed by atoms with E-state index >= 15 is 0 Å². The number of carbonyl (C=O) groups is 2. The van der Waals surface area contributed by atoms with Crippen molar-refractivity contribution in [2.45, 2.75) is 44.2 Å². The summed E-state index contributed by atoms with van der Waals surface area (Å²) >= 11 is 6.32. The van der Waals surface area contributed by atoms with E-state index in [1.54, 1.807) is 18.2 Å². The van der Waals surface area contributed by atoms with E-state index in [-0.39, 0.29) is 30.7 Å². The molecule has 0 aliphatic rings. The summed E-state index contributed by atoms with van der Waals surface area (Å²) in [6.07, 6.45) is -1.17. The lowest BCUT2D eigenvalue weighted by atomic mass is 9.75. The van der Waals surface area contributed by atoms with E-state index in [9.17, 15) is 22.8 Å². The van der Waals surface area contributed by atoms with E-state index in [1.807, 2.05) is 37.4 Å². The molecule has 0 aliphatic carbocycles. The lowest BCUT2D eigenvalue weighted by Crippen LogP contribution is -2.26. The fourth-order valence-corrected chi connectivity index (χ4v) is 5.16. The molecule has 5 nitrogen and oxygen atoms in total. The molecule has 3 N–H and O–H groups in total. The molecule has 0 radical (unpaired) electrons. The molecule has 9 heteroatoms. The first-order chi connectivity index (χ1) is 18.6. The third kappa shape index (κ3) is 6.63. The predicted octanol–water partition coefficient (Wildman–Crippen LogP) is 7.76. The standard InChI is InChI=1S/C30H28ClF3N2O3/c1-2-3-23(18-4-6-20(7-5-18)29(39)35-15-14-27(37)38)28(19-8-10-21(11-9-19)30(32,33)34)25-17-36-26-13-12-22(31)16-24(25)26/h4-13,16-17,23,28,36H,2-3,14-15H2,1H3,(H,35,39)(H,37,38). The molecule has 0 saturated carbocycles. The number of aromatic nitrogens is 1. The number of fused-ring (bicyclic) bond motifs is 1. The van der Waals surface area contributed by atoms with Gasteiger partial charge in [0.2, 0.25) is 0 Å². The number of hydrogen-bond donors (Lipinski definition) is 3. The van der Waals surface area contributed by atoms with E-state index in [0.717, 1.165) is 52.6 Å². The summed E-state index contributed by atoms with van der Waals surface area (Å²) in [6, 6.07) is 17.9. The van der Waals surface area contributed by atoms with Crippen molar-refractivity contribution >= 4 is 34.4 Å². The van der Waals surface area contributed by atoms with E-state index in [0.29, 0.717) is 10.6 Å². The van der Waals surface area contributed by atoms with Gasteiger partial charge in [0.15, 0.2) is 0 Å². The van der Waals surface area contributed by atoms with Gasteiger partial charge in [-0.15, -0.1) is 0 Å². The SMILES string of the molecule is CCCC(c1ccc(C(=O)NCCC(=O)O)cc1)C(c1ccc(C(F)(F)F)cc1)c1c[nH]c2ccc(Cl)cc12. The van der Waals surface area contributed by atoms with Crippen molar-refractivity contribution in [2.24, 2.45) is 0 Å². The van der Waals surface area contributed by atoms with Crippen molar-refractivity contribution in [3.05, 3.63) is 106 Å². The molecule has 0 bridgehead atoms. The summed E-state index contributed by atoms with van der Waals surface area (Å²) in [5.41, 5.74) is 3.13. The number of nitrogens with one attached hydrogen (secondary N) is 2. The van der Waals surface area contributed by atoms with E-state index < -0.39 is 17.7 Å². The largest absolute Gasteiger partial charge is 0.481 e. The summed E-state index contributed by atoms with van der Waals surface area (Å²) in [4.78, 5) is 26.4. The summed E-state index contributed by atoms with van der Waals surface area (Å²) in [6.45, 7) is 2.07. The molecule has 4 rings (SSSR count). The Labute approximate surface area is 229 Å². The maximum atomic E-state index is 13.3. The average Bonchev–Trinajstić information content (AvgIpc) is 3.30. The lowest BCUT2D eigenvalue weighted by Gasteiger charge is -2.29. The number of benzene rings is 3. The van der Waals surface area contributed by atoms with Crippen molar-refractivity contribution < 1.29 is 27.9 Å². The number of halogens is 4. The molecule has 0 saturated heterocycles. The maximum Gasteiger partial charge on any atom is 0.416 e. The van der Waals surface area contributed by atoms with Crippen molar-refractivity contribution in [3.8, 4) is 0 Å². The highest BCUT2D eigenvalue weighted by atomic mass is 35.5. The fourth-order valence-electron chi connectivity index (χ4n) is 4.98. The van der Waals surface area contributed by atoms with Crippen LogP contribution in [0.5, 0.6) is 0 Å². The van der Waals surface area contributed by atoms with Gasteiger partial charge < -0.3 is 15.4 Å². The van der Waals surface area contributed by atoms with Gasteiger partial charge in [-0.1, -0.05) is 49.2 Å². The number of hydrogen-bond acceptors (Lipinski definition) is 2. The molecule has 0 spiro atoms. The van der Waals surface area contributed by atoms with E-state index in [2.05, 4.69) is 10.3 Å². The van der Waals surface area contributed by atoms with Gasteiger partial charge in [0.1, 0.15) is 0 Å². The Morgan fingerprint density at radius 3 is 2.28 bits per heavy atom. The minimum absolute atomic E-state index is 0.0213. The Morgan fingerprint density at radius 2 is 1.67 bits per heavy atom. The quantitative estimate of drug-likeness (QED) is 0.187. The van der Waals surface area contributed by atoms with Crippen LogP contribution in [0.25, 0.3) is 10.9 Å². The van der Waals surface area contributed by atoms with Gasteiger partial charge in [0, 0.05) is 40.1 Å². The van der Waals surface area contributed by atoms with Crippen molar-refractivity contribution in [1.82, 2.24) is 10.3 Å². The van der Waals surface area contributed by atoms with E-state index in [1.165, 1.54) is 12.1 Å². The predicted molar refractivity (Wildman–Crippen MR) is 145 cm³/mol. The monoisotopic (exact) mass is 556 g/mol. The minimum atomic E-state index is -4.44. The number of aliphatic carboxylic acids is 1. The van der Waals surface area contributed by atoms with Crippen LogP contribution in [0.4, 0.5) is 13.2 Å². The van der Waals surface area contributed by atoms with Crippen LogP contribution < -0.4 is 5.32 Å². The molecule has 2 atom stereocenters. The van der Waals surface area contributed by atoms with Crippen LogP contribution in [-0.2, 0) is 11.0 Å². The average molecular weight is 557 g/mol. The lowest BCUT2D eigenvalue weighted by molar-refractivity contribution is -0.138. The van der Waals surface area contributed by atoms with Crippen LogP contribution in [0.1, 0.15) is 70.6 Å². The second-order valence-corrected chi connectivity index (χ2v) is 9.88. The van der Waals surface area contributed by atoms with Crippen LogP contribution in [0.3, 0.4) is 0 Å². The third-order valence-corrected chi connectivity index (χ3v) is 7.07. The number of carboxylic acid groups (broad SMARTS) is 1. The number of amides is 1. The van der Waals surface area contributed by atoms with E-state index in [4.69, 9.17) is 16.7 Å². The number of rotatable bonds is 10. The molecular formula is C30H28ClF3N2O3. The Hall–Kier alpha value is -3.78. The molecular weight excluding hydrogens is 529 g/mol. The first-order valence-electron chi connectivity index (χ1n) is 12.6. The molecule has 3 aromatic carbocycles. The minimum Gasteiger partial charge on any atom is -0.481 e. The molecule has 0 fully saturated rings. The smallest absolute Gasteiger partial charge is 0.416 e. The zero-order valence-corrected chi connectivity index (χ0v) is 21.9. The summed E-state index contributed by atoms with van der Waals surface area (Å²) in [5, 5.41) is 12.8. The normalized spacial score (nSPS) is 13.3. The van der Waals surface area contributed by atoms with Gasteiger partial charge in [0.25, 0.3) is 5.91 Å². The van der Waals surface area contributed by atoms with Crippen LogP contribution in [0, 0.1) is 0 Å². The molecule has 0 aliphatic heterocycles. The van der Waals surface area contributed by atoms with Crippen molar-refractivity contribution in [3.63, 3.8) is 0 Å². The zero-order valence-electron chi connectivity index (χ0n) is 21.2. The van der Waals surface area contributed by atoms with Gasteiger partial charge in [-0.25, -0.2) is 0 Å². The molecule has 4 aromatic rings. The number of H-pyrrole nitrogens is 1. The van der Waals surface area contributed by atoms with Gasteiger partial charge in [0.05, 0.1) is 12.0 Å².